The molecule has 1 fully saturated rings. The first kappa shape index (κ1) is 11.0. The molecule has 1 amide bonds. The van der Waals surface area contributed by atoms with Crippen molar-refractivity contribution in [1.82, 2.24) is 5.32 Å². The molecule has 1 aliphatic rings. The van der Waals surface area contributed by atoms with Crippen LogP contribution in [0.1, 0.15) is 16.8 Å². The normalized spacial score (nSPS) is 19.4. The number of hydrogen-bond donors (Lipinski definition) is 1. The number of carbonyl (C=O) groups excluding carboxylic acids is 1. The molecule has 86 valence electrons. The SMILES string of the molecule is COc1ccccc1C(=O)NC1CCOC1. The molecule has 0 saturated carbocycles. The highest BCUT2D eigenvalue weighted by Gasteiger charge is 2.20. The van der Waals surface area contributed by atoms with Gasteiger partial charge in [-0.3, -0.25) is 4.79 Å². The van der Waals surface area contributed by atoms with Gasteiger partial charge in [0.05, 0.1) is 25.3 Å². The maximum atomic E-state index is 11.9. The van der Waals surface area contributed by atoms with Crippen LogP contribution >= 0.6 is 0 Å². The lowest BCUT2D eigenvalue weighted by Gasteiger charge is -2.12. The summed E-state index contributed by atoms with van der Waals surface area (Å²) in [5.74, 6) is 0.492. The zero-order chi connectivity index (χ0) is 11.4. The standard InChI is InChI=1S/C12H15NO3/c1-15-11-5-3-2-4-10(11)12(14)13-9-6-7-16-8-9/h2-5,9H,6-8H2,1H3,(H,13,14). The molecular formula is C12H15NO3. The van der Waals surface area contributed by atoms with E-state index in [1.807, 2.05) is 12.1 Å². The Hall–Kier alpha value is -1.55. The summed E-state index contributed by atoms with van der Waals surface area (Å²) in [7, 11) is 1.56. The molecule has 0 spiro atoms. The number of nitrogens with one attached hydrogen (secondary N) is 1. The fourth-order valence-electron chi connectivity index (χ4n) is 1.74. The van der Waals surface area contributed by atoms with Crippen LogP contribution in [-0.2, 0) is 4.74 Å². The molecule has 1 saturated heterocycles. The van der Waals surface area contributed by atoms with Crippen LogP contribution in [0.3, 0.4) is 0 Å². The van der Waals surface area contributed by atoms with E-state index >= 15 is 0 Å². The highest BCUT2D eigenvalue weighted by Crippen LogP contribution is 2.17. The van der Waals surface area contributed by atoms with E-state index in [0.29, 0.717) is 17.9 Å². The molecule has 16 heavy (non-hydrogen) atoms. The van der Waals surface area contributed by atoms with Crippen LogP contribution in [0.15, 0.2) is 24.3 Å². The van der Waals surface area contributed by atoms with Crippen molar-refractivity contribution in [2.24, 2.45) is 0 Å². The van der Waals surface area contributed by atoms with Gasteiger partial charge in [0.15, 0.2) is 0 Å². The monoisotopic (exact) mass is 221 g/mol. The van der Waals surface area contributed by atoms with Gasteiger partial charge in [0.25, 0.3) is 5.91 Å². The fraction of sp³-hybridized carbons (Fsp3) is 0.417. The Labute approximate surface area is 94.6 Å². The molecule has 0 bridgehead atoms. The van der Waals surface area contributed by atoms with E-state index in [4.69, 9.17) is 9.47 Å². The number of rotatable bonds is 3. The van der Waals surface area contributed by atoms with Crippen molar-refractivity contribution in [1.29, 1.82) is 0 Å². The molecule has 0 radical (unpaired) electrons. The Morgan fingerprint density at radius 2 is 2.31 bits per heavy atom. The zero-order valence-electron chi connectivity index (χ0n) is 9.23. The molecule has 1 heterocycles. The van der Waals surface area contributed by atoms with Gasteiger partial charge in [-0.1, -0.05) is 12.1 Å². The number of para-hydroxylation sites is 1. The third-order valence-corrected chi connectivity index (χ3v) is 2.62. The van der Waals surface area contributed by atoms with Crippen molar-refractivity contribution in [2.75, 3.05) is 20.3 Å². The minimum Gasteiger partial charge on any atom is -0.496 e. The van der Waals surface area contributed by atoms with Crippen molar-refractivity contribution < 1.29 is 14.3 Å². The Bertz CT molecular complexity index is 372. The Morgan fingerprint density at radius 3 is 3.00 bits per heavy atom. The Morgan fingerprint density at radius 1 is 1.50 bits per heavy atom. The van der Waals surface area contributed by atoms with E-state index in [-0.39, 0.29) is 11.9 Å². The van der Waals surface area contributed by atoms with Crippen molar-refractivity contribution in [3.63, 3.8) is 0 Å². The largest absolute Gasteiger partial charge is 0.496 e. The summed E-state index contributed by atoms with van der Waals surface area (Å²) in [5.41, 5.74) is 0.567. The van der Waals surface area contributed by atoms with Crippen molar-refractivity contribution in [3.8, 4) is 5.75 Å². The molecule has 1 aromatic carbocycles. The minimum atomic E-state index is -0.104. The lowest BCUT2D eigenvalue weighted by Crippen LogP contribution is -2.35. The summed E-state index contributed by atoms with van der Waals surface area (Å²) < 4.78 is 10.3. The van der Waals surface area contributed by atoms with Crippen molar-refractivity contribution >= 4 is 5.91 Å². The number of hydrogen-bond acceptors (Lipinski definition) is 3. The summed E-state index contributed by atoms with van der Waals surface area (Å²) in [6, 6.07) is 7.32. The fourth-order valence-corrected chi connectivity index (χ4v) is 1.74. The summed E-state index contributed by atoms with van der Waals surface area (Å²) in [6.45, 7) is 1.32. The topological polar surface area (TPSA) is 47.6 Å². The summed E-state index contributed by atoms with van der Waals surface area (Å²) in [4.78, 5) is 11.9. The van der Waals surface area contributed by atoms with Gasteiger partial charge < -0.3 is 14.8 Å². The summed E-state index contributed by atoms with van der Waals surface area (Å²) in [5, 5.41) is 2.93. The van der Waals surface area contributed by atoms with E-state index in [2.05, 4.69) is 5.32 Å². The molecule has 0 aliphatic carbocycles. The lowest BCUT2D eigenvalue weighted by atomic mass is 10.1. The highest BCUT2D eigenvalue weighted by molar-refractivity contribution is 5.97. The second-order valence-electron chi connectivity index (χ2n) is 3.73. The molecule has 2 rings (SSSR count). The van der Waals surface area contributed by atoms with Crippen LogP contribution in [0, 0.1) is 0 Å². The number of ether oxygens (including phenoxy) is 2. The molecule has 1 N–H and O–H groups in total. The van der Waals surface area contributed by atoms with E-state index in [9.17, 15) is 4.79 Å². The van der Waals surface area contributed by atoms with E-state index in [0.717, 1.165) is 13.0 Å². The zero-order valence-corrected chi connectivity index (χ0v) is 9.23. The molecule has 1 aromatic rings. The quantitative estimate of drug-likeness (QED) is 0.834. The van der Waals surface area contributed by atoms with E-state index in [1.165, 1.54) is 0 Å². The van der Waals surface area contributed by atoms with Crippen LogP contribution in [0.2, 0.25) is 0 Å². The van der Waals surface area contributed by atoms with Crippen LogP contribution < -0.4 is 10.1 Å². The predicted molar refractivity (Wildman–Crippen MR) is 59.7 cm³/mol. The Balaban J connectivity index is 2.07. The average Bonchev–Trinajstić information content (AvgIpc) is 2.81. The lowest BCUT2D eigenvalue weighted by molar-refractivity contribution is 0.0927. The number of benzene rings is 1. The molecule has 1 unspecified atom stereocenters. The highest BCUT2D eigenvalue weighted by atomic mass is 16.5. The molecule has 1 atom stereocenters. The van der Waals surface area contributed by atoms with Gasteiger partial charge >= 0.3 is 0 Å². The van der Waals surface area contributed by atoms with Gasteiger partial charge in [0.1, 0.15) is 5.75 Å². The van der Waals surface area contributed by atoms with Crippen molar-refractivity contribution in [3.05, 3.63) is 29.8 Å². The maximum absolute atomic E-state index is 11.9. The Kier molecular flexibility index (Phi) is 3.41. The second kappa shape index (κ2) is 4.99. The molecular weight excluding hydrogens is 206 g/mol. The smallest absolute Gasteiger partial charge is 0.255 e. The number of carbonyl (C=O) groups is 1. The van der Waals surface area contributed by atoms with Gasteiger partial charge in [-0.25, -0.2) is 0 Å². The van der Waals surface area contributed by atoms with Gasteiger partial charge in [0, 0.05) is 6.61 Å². The van der Waals surface area contributed by atoms with E-state index in [1.54, 1.807) is 19.2 Å². The van der Waals surface area contributed by atoms with Gasteiger partial charge in [0.2, 0.25) is 0 Å². The average molecular weight is 221 g/mol. The van der Waals surface area contributed by atoms with Crippen LogP contribution in [0.4, 0.5) is 0 Å². The van der Waals surface area contributed by atoms with Gasteiger partial charge in [-0.05, 0) is 18.6 Å². The summed E-state index contributed by atoms with van der Waals surface area (Å²) in [6.07, 6.45) is 0.876. The first-order valence-corrected chi connectivity index (χ1v) is 5.33. The van der Waals surface area contributed by atoms with Crippen molar-refractivity contribution in [2.45, 2.75) is 12.5 Å². The molecule has 4 heteroatoms. The molecule has 0 aromatic heterocycles. The van der Waals surface area contributed by atoms with Crippen LogP contribution in [0.25, 0.3) is 0 Å². The second-order valence-corrected chi connectivity index (χ2v) is 3.73. The maximum Gasteiger partial charge on any atom is 0.255 e. The third kappa shape index (κ3) is 2.33. The van der Waals surface area contributed by atoms with Gasteiger partial charge in [-0.2, -0.15) is 0 Å². The molecule has 1 aliphatic heterocycles. The first-order valence-electron chi connectivity index (χ1n) is 5.33. The molecule has 4 nitrogen and oxygen atoms in total. The van der Waals surface area contributed by atoms with Crippen LogP contribution in [-0.4, -0.2) is 32.3 Å². The van der Waals surface area contributed by atoms with Gasteiger partial charge in [-0.15, -0.1) is 0 Å². The van der Waals surface area contributed by atoms with Crippen LogP contribution in [0.5, 0.6) is 5.75 Å². The number of amides is 1. The minimum absolute atomic E-state index is 0.104. The predicted octanol–water partition coefficient (Wildman–Crippen LogP) is 1.21. The third-order valence-electron chi connectivity index (χ3n) is 2.62. The first-order chi connectivity index (χ1) is 7.81. The van der Waals surface area contributed by atoms with E-state index < -0.39 is 0 Å². The number of methoxy groups -OCH3 is 1. The summed E-state index contributed by atoms with van der Waals surface area (Å²) >= 11 is 0.